The van der Waals surface area contributed by atoms with Gasteiger partial charge in [0.05, 0.1) is 30.4 Å². The minimum atomic E-state index is -0.131. The maximum absolute atomic E-state index is 13.1. The molecule has 7 heteroatoms. The van der Waals surface area contributed by atoms with E-state index >= 15 is 0 Å². The lowest BCUT2D eigenvalue weighted by Gasteiger charge is -2.14. The smallest absolute Gasteiger partial charge is 0.266 e. The van der Waals surface area contributed by atoms with Crippen molar-refractivity contribution in [3.8, 4) is 11.5 Å². The Morgan fingerprint density at radius 1 is 1.26 bits per heavy atom. The predicted octanol–water partition coefficient (Wildman–Crippen LogP) is 4.77. The zero-order chi connectivity index (χ0) is 22.2. The number of methoxy groups -OCH3 is 1. The van der Waals surface area contributed by atoms with Crippen molar-refractivity contribution < 1.29 is 19.4 Å². The highest BCUT2D eigenvalue weighted by atomic mass is 32.2. The third-order valence-electron chi connectivity index (χ3n) is 4.53. The molecule has 1 amide bonds. The highest BCUT2D eigenvalue weighted by Crippen LogP contribution is 2.37. The van der Waals surface area contributed by atoms with Crippen LogP contribution < -0.4 is 4.74 Å². The van der Waals surface area contributed by atoms with E-state index in [1.165, 1.54) is 11.8 Å². The summed E-state index contributed by atoms with van der Waals surface area (Å²) in [5, 5.41) is 11.0. The van der Waals surface area contributed by atoms with Gasteiger partial charge in [-0.3, -0.25) is 9.69 Å². The van der Waals surface area contributed by atoms with Crippen molar-refractivity contribution in [2.75, 3.05) is 26.9 Å². The quantitative estimate of drug-likeness (QED) is 0.451. The highest BCUT2D eigenvalue weighted by Gasteiger charge is 2.33. The van der Waals surface area contributed by atoms with Gasteiger partial charge < -0.3 is 14.6 Å². The third-order valence-corrected chi connectivity index (χ3v) is 5.53. The van der Waals surface area contributed by atoms with Crippen molar-refractivity contribution in [1.29, 1.82) is 0 Å². The van der Waals surface area contributed by atoms with E-state index in [-0.39, 0.29) is 11.7 Å². The molecule has 0 aromatic heterocycles. The lowest BCUT2D eigenvalue weighted by atomic mass is 10.1. The maximum Gasteiger partial charge on any atom is 0.266 e. The molecule has 3 rings (SSSR count). The number of aliphatic imine (C=N–C) groups is 1. The number of ether oxygens (including phenoxy) is 2. The van der Waals surface area contributed by atoms with Gasteiger partial charge in [0.2, 0.25) is 0 Å². The van der Waals surface area contributed by atoms with E-state index in [0.29, 0.717) is 47.6 Å². The number of rotatable bonds is 9. The molecule has 0 atom stereocenters. The zero-order valence-corrected chi connectivity index (χ0v) is 18.5. The second-order valence-corrected chi connectivity index (χ2v) is 7.75. The fourth-order valence-corrected chi connectivity index (χ4v) is 4.11. The number of hydrogen-bond acceptors (Lipinski definition) is 6. The first-order chi connectivity index (χ1) is 15.1. The molecule has 1 heterocycles. The summed E-state index contributed by atoms with van der Waals surface area (Å²) in [6.45, 7) is 6.84. The van der Waals surface area contributed by atoms with Crippen LogP contribution in [0.1, 0.15) is 18.1 Å². The van der Waals surface area contributed by atoms with Crippen molar-refractivity contribution in [2.45, 2.75) is 13.3 Å². The van der Waals surface area contributed by atoms with E-state index < -0.39 is 0 Å². The molecule has 2 aromatic carbocycles. The Labute approximate surface area is 186 Å². The molecule has 31 heavy (non-hydrogen) atoms. The zero-order valence-electron chi connectivity index (χ0n) is 17.7. The fraction of sp³-hybridized carbons (Fsp3) is 0.250. The Balaban J connectivity index is 1.99. The number of amides is 1. The van der Waals surface area contributed by atoms with Crippen LogP contribution in [0.3, 0.4) is 0 Å². The van der Waals surface area contributed by atoms with Gasteiger partial charge in [0.25, 0.3) is 5.91 Å². The number of para-hydroxylation sites is 1. The van der Waals surface area contributed by atoms with Crippen molar-refractivity contribution in [3.05, 3.63) is 71.2 Å². The first-order valence-corrected chi connectivity index (χ1v) is 10.8. The van der Waals surface area contributed by atoms with Gasteiger partial charge in [0.1, 0.15) is 0 Å². The summed E-state index contributed by atoms with van der Waals surface area (Å²) in [6, 6.07) is 13.1. The number of phenolic OH excluding ortho intramolecular Hbond substituents is 1. The van der Waals surface area contributed by atoms with Crippen LogP contribution in [0.4, 0.5) is 5.69 Å². The number of phenols is 1. The standard InChI is InChI=1S/C24H26N2O4S/c1-4-9-18-14-17(15-20(22(18)27)30-5-2)16-21-23(28)26(12-13-29-3)24(31-21)25-19-10-7-6-8-11-19/h4,6-8,10-11,14-16,27H,1,5,9,12-13H2,2-3H3/b21-16-,25-24?. The molecule has 0 aliphatic carbocycles. The van der Waals surface area contributed by atoms with E-state index in [9.17, 15) is 9.90 Å². The summed E-state index contributed by atoms with van der Waals surface area (Å²) in [6.07, 6.45) is 4.01. The summed E-state index contributed by atoms with van der Waals surface area (Å²) < 4.78 is 10.7. The normalized spacial score (nSPS) is 16.3. The monoisotopic (exact) mass is 438 g/mol. The molecular weight excluding hydrogens is 412 g/mol. The molecule has 0 bridgehead atoms. The van der Waals surface area contributed by atoms with Crippen molar-refractivity contribution in [2.24, 2.45) is 4.99 Å². The minimum absolute atomic E-state index is 0.0994. The van der Waals surface area contributed by atoms with E-state index in [2.05, 4.69) is 11.6 Å². The van der Waals surface area contributed by atoms with E-state index in [1.54, 1.807) is 30.2 Å². The molecule has 162 valence electrons. The Morgan fingerprint density at radius 3 is 2.71 bits per heavy atom. The second kappa shape index (κ2) is 10.8. The first kappa shape index (κ1) is 22.7. The first-order valence-electron chi connectivity index (χ1n) is 10.0. The summed E-state index contributed by atoms with van der Waals surface area (Å²) in [5.74, 6) is 0.356. The molecule has 1 N–H and O–H groups in total. The molecule has 2 aromatic rings. The number of hydrogen-bond donors (Lipinski definition) is 1. The number of carbonyl (C=O) groups is 1. The Kier molecular flexibility index (Phi) is 7.92. The lowest BCUT2D eigenvalue weighted by molar-refractivity contribution is -0.122. The topological polar surface area (TPSA) is 71.4 Å². The van der Waals surface area contributed by atoms with Gasteiger partial charge >= 0.3 is 0 Å². The van der Waals surface area contributed by atoms with Crippen LogP contribution in [-0.2, 0) is 16.0 Å². The maximum atomic E-state index is 13.1. The highest BCUT2D eigenvalue weighted by molar-refractivity contribution is 8.18. The van der Waals surface area contributed by atoms with Crippen LogP contribution in [0, 0.1) is 0 Å². The Hall–Kier alpha value is -3.03. The van der Waals surface area contributed by atoms with Gasteiger partial charge in [-0.2, -0.15) is 0 Å². The molecule has 0 saturated carbocycles. The van der Waals surface area contributed by atoms with Gasteiger partial charge in [0.15, 0.2) is 16.7 Å². The number of aromatic hydroxyl groups is 1. The number of benzene rings is 2. The van der Waals surface area contributed by atoms with Gasteiger partial charge in [-0.1, -0.05) is 24.3 Å². The Bertz CT molecular complexity index is 1000. The van der Waals surface area contributed by atoms with Crippen molar-refractivity contribution in [1.82, 2.24) is 4.90 Å². The third kappa shape index (κ3) is 5.57. The van der Waals surface area contributed by atoms with Gasteiger partial charge in [-0.05, 0) is 61.0 Å². The van der Waals surface area contributed by atoms with Crippen LogP contribution in [-0.4, -0.2) is 47.9 Å². The summed E-state index contributed by atoms with van der Waals surface area (Å²) in [4.78, 5) is 19.9. The van der Waals surface area contributed by atoms with Crippen LogP contribution >= 0.6 is 11.8 Å². The number of nitrogens with zero attached hydrogens (tertiary/aromatic N) is 2. The van der Waals surface area contributed by atoms with E-state index in [4.69, 9.17) is 9.47 Å². The van der Waals surface area contributed by atoms with Gasteiger partial charge in [0, 0.05) is 12.7 Å². The molecule has 1 saturated heterocycles. The number of thioether (sulfide) groups is 1. The van der Waals surface area contributed by atoms with Gasteiger partial charge in [-0.25, -0.2) is 4.99 Å². The average molecular weight is 439 g/mol. The Morgan fingerprint density at radius 2 is 2.03 bits per heavy atom. The molecule has 0 spiro atoms. The number of amidine groups is 1. The molecule has 1 aliphatic heterocycles. The summed E-state index contributed by atoms with van der Waals surface area (Å²) >= 11 is 1.32. The van der Waals surface area contributed by atoms with Crippen LogP contribution in [0.25, 0.3) is 6.08 Å². The van der Waals surface area contributed by atoms with Crippen molar-refractivity contribution in [3.63, 3.8) is 0 Å². The number of allylic oxidation sites excluding steroid dienone is 1. The average Bonchev–Trinajstić information content (AvgIpc) is 3.05. The van der Waals surface area contributed by atoms with Crippen LogP contribution in [0.2, 0.25) is 0 Å². The molecule has 1 aliphatic rings. The molecule has 1 fully saturated rings. The molecule has 6 nitrogen and oxygen atoms in total. The summed E-state index contributed by atoms with van der Waals surface area (Å²) in [7, 11) is 1.60. The van der Waals surface area contributed by atoms with E-state index in [0.717, 1.165) is 11.3 Å². The largest absolute Gasteiger partial charge is 0.504 e. The fourth-order valence-electron chi connectivity index (χ4n) is 3.08. The molecule has 0 unspecified atom stereocenters. The van der Waals surface area contributed by atoms with Gasteiger partial charge in [-0.15, -0.1) is 6.58 Å². The molecule has 0 radical (unpaired) electrons. The van der Waals surface area contributed by atoms with Crippen molar-refractivity contribution >= 4 is 34.6 Å². The minimum Gasteiger partial charge on any atom is -0.504 e. The van der Waals surface area contributed by atoms with Crippen LogP contribution in [0.15, 0.2) is 65.0 Å². The predicted molar refractivity (Wildman–Crippen MR) is 126 cm³/mol. The lowest BCUT2D eigenvalue weighted by Crippen LogP contribution is -2.32. The number of carbonyl (C=O) groups excluding carboxylic acids is 1. The second-order valence-electron chi connectivity index (χ2n) is 6.74. The molecular formula is C24H26N2O4S. The van der Waals surface area contributed by atoms with Crippen LogP contribution in [0.5, 0.6) is 11.5 Å². The SMILES string of the molecule is C=CCc1cc(/C=C2\SC(=Nc3ccccc3)N(CCOC)C2=O)cc(OCC)c1O. The summed E-state index contributed by atoms with van der Waals surface area (Å²) in [5.41, 5.74) is 2.23. The van der Waals surface area contributed by atoms with E-state index in [1.807, 2.05) is 43.3 Å².